The molecule has 128 valence electrons. The first-order valence-electron chi connectivity index (χ1n) is 7.43. The number of rotatable bonds is 6. The van der Waals surface area contributed by atoms with Crippen LogP contribution in [0.15, 0.2) is 60.7 Å². The molecule has 1 amide bonds. The van der Waals surface area contributed by atoms with Crippen LogP contribution in [-0.2, 0) is 16.0 Å². The quantitative estimate of drug-likeness (QED) is 0.747. The summed E-state index contributed by atoms with van der Waals surface area (Å²) < 4.78 is 44.2. The maximum Gasteiger partial charge on any atom is 0.471 e. The lowest BCUT2D eigenvalue weighted by molar-refractivity contribution is -0.196. The van der Waals surface area contributed by atoms with Crippen LogP contribution < -0.4 is 0 Å². The number of methoxy groups -OCH3 is 1. The molecule has 3 nitrogen and oxygen atoms in total. The van der Waals surface area contributed by atoms with Crippen LogP contribution in [-0.4, -0.2) is 30.6 Å². The highest BCUT2D eigenvalue weighted by atomic mass is 19.4. The highest BCUT2D eigenvalue weighted by Gasteiger charge is 2.45. The van der Waals surface area contributed by atoms with Gasteiger partial charge < -0.3 is 9.64 Å². The van der Waals surface area contributed by atoms with Gasteiger partial charge in [0.2, 0.25) is 0 Å². The molecule has 0 aliphatic rings. The normalized spacial score (nSPS) is 12.7. The number of amides is 1. The van der Waals surface area contributed by atoms with Crippen LogP contribution in [0.1, 0.15) is 17.4 Å². The van der Waals surface area contributed by atoms with Gasteiger partial charge in [-0.25, -0.2) is 0 Å². The van der Waals surface area contributed by atoms with Gasteiger partial charge in [-0.3, -0.25) is 4.79 Å². The minimum absolute atomic E-state index is 0.101. The highest BCUT2D eigenvalue weighted by molar-refractivity contribution is 5.82. The van der Waals surface area contributed by atoms with Crippen LogP contribution in [0.4, 0.5) is 13.2 Å². The number of nitrogens with zero attached hydrogens (tertiary/aromatic N) is 1. The molecule has 2 rings (SSSR count). The summed E-state index contributed by atoms with van der Waals surface area (Å²) in [5.74, 6) is -1.91. The molecule has 2 aromatic rings. The van der Waals surface area contributed by atoms with Gasteiger partial charge >= 0.3 is 12.1 Å². The molecule has 0 unspecified atom stereocenters. The zero-order valence-electron chi connectivity index (χ0n) is 13.2. The number of hydrogen-bond donors (Lipinski definition) is 0. The summed E-state index contributed by atoms with van der Waals surface area (Å²) in [6.07, 6.45) is -5.75. The molecule has 0 bridgehead atoms. The maximum absolute atomic E-state index is 13.0. The second kappa shape index (κ2) is 7.97. The molecule has 1 atom stereocenters. The van der Waals surface area contributed by atoms with Crippen LogP contribution in [0.2, 0.25) is 0 Å². The van der Waals surface area contributed by atoms with Crippen molar-refractivity contribution in [1.29, 1.82) is 0 Å². The SMILES string of the molecule is CO[C@@H](c1ccccc1)N(CCc1ccccc1)C(=O)C(F)(F)F. The summed E-state index contributed by atoms with van der Waals surface area (Å²) in [4.78, 5) is 12.6. The maximum atomic E-state index is 13.0. The van der Waals surface area contributed by atoms with E-state index in [-0.39, 0.29) is 6.54 Å². The van der Waals surface area contributed by atoms with E-state index in [1.54, 1.807) is 54.6 Å². The number of hydrogen-bond acceptors (Lipinski definition) is 2. The van der Waals surface area contributed by atoms with Crippen LogP contribution in [0.5, 0.6) is 0 Å². The first kappa shape index (κ1) is 18.0. The summed E-state index contributed by atoms with van der Waals surface area (Å²) in [6, 6.07) is 17.4. The number of carbonyl (C=O) groups excluding carboxylic acids is 1. The molecule has 6 heteroatoms. The van der Waals surface area contributed by atoms with Gasteiger partial charge in [0.25, 0.3) is 0 Å². The van der Waals surface area contributed by atoms with E-state index >= 15 is 0 Å². The zero-order chi connectivity index (χ0) is 17.6. The van der Waals surface area contributed by atoms with Crippen LogP contribution in [0, 0.1) is 0 Å². The molecule has 0 spiro atoms. The number of halogens is 3. The Hall–Kier alpha value is -2.34. The van der Waals surface area contributed by atoms with E-state index in [0.29, 0.717) is 12.0 Å². The average Bonchev–Trinajstić information content (AvgIpc) is 2.59. The molecule has 0 aromatic heterocycles. The number of ether oxygens (including phenoxy) is 1. The first-order valence-corrected chi connectivity index (χ1v) is 7.43. The smallest absolute Gasteiger partial charge is 0.357 e. The van der Waals surface area contributed by atoms with E-state index in [1.807, 2.05) is 6.07 Å². The van der Waals surface area contributed by atoms with Gasteiger partial charge in [-0.2, -0.15) is 13.2 Å². The molecular formula is C18H18F3NO2. The van der Waals surface area contributed by atoms with Gasteiger partial charge in [-0.1, -0.05) is 60.7 Å². The Morgan fingerprint density at radius 1 is 1.04 bits per heavy atom. The van der Waals surface area contributed by atoms with E-state index in [2.05, 4.69) is 0 Å². The van der Waals surface area contributed by atoms with Crippen LogP contribution in [0.25, 0.3) is 0 Å². The molecule has 0 aliphatic heterocycles. The summed E-state index contributed by atoms with van der Waals surface area (Å²) >= 11 is 0. The summed E-state index contributed by atoms with van der Waals surface area (Å²) in [7, 11) is 1.29. The highest BCUT2D eigenvalue weighted by Crippen LogP contribution is 2.28. The molecule has 0 N–H and O–H groups in total. The fourth-order valence-electron chi connectivity index (χ4n) is 2.44. The first-order chi connectivity index (χ1) is 11.4. The van der Waals surface area contributed by atoms with E-state index in [0.717, 1.165) is 10.5 Å². The fourth-order valence-corrected chi connectivity index (χ4v) is 2.44. The van der Waals surface area contributed by atoms with Crippen molar-refractivity contribution in [2.45, 2.75) is 18.8 Å². The minimum Gasteiger partial charge on any atom is -0.357 e. The topological polar surface area (TPSA) is 29.5 Å². The summed E-state index contributed by atoms with van der Waals surface area (Å²) in [5.41, 5.74) is 1.34. The van der Waals surface area contributed by atoms with Gasteiger partial charge in [0.05, 0.1) is 0 Å². The fraction of sp³-hybridized carbons (Fsp3) is 0.278. The van der Waals surface area contributed by atoms with Crippen molar-refractivity contribution >= 4 is 5.91 Å². The third kappa shape index (κ3) is 4.58. The summed E-state index contributed by atoms with van der Waals surface area (Å²) in [6.45, 7) is -0.101. The number of carbonyl (C=O) groups is 1. The zero-order valence-corrected chi connectivity index (χ0v) is 13.2. The standard InChI is InChI=1S/C18H18F3NO2/c1-24-16(15-10-6-3-7-11-15)22(17(23)18(19,20)21)13-12-14-8-4-2-5-9-14/h2-11,16H,12-13H2,1H3/t16-/m0/s1. The van der Waals surface area contributed by atoms with Gasteiger partial charge in [-0.05, 0) is 12.0 Å². The molecule has 0 fully saturated rings. The van der Waals surface area contributed by atoms with Crippen molar-refractivity contribution < 1.29 is 22.7 Å². The molecular weight excluding hydrogens is 319 g/mol. The lowest BCUT2D eigenvalue weighted by Crippen LogP contribution is -2.44. The van der Waals surface area contributed by atoms with E-state index in [9.17, 15) is 18.0 Å². The second-order valence-corrected chi connectivity index (χ2v) is 5.23. The second-order valence-electron chi connectivity index (χ2n) is 5.23. The largest absolute Gasteiger partial charge is 0.471 e. The van der Waals surface area contributed by atoms with Crippen LogP contribution in [0.3, 0.4) is 0 Å². The Labute approximate surface area is 138 Å². The van der Waals surface area contributed by atoms with Gasteiger partial charge in [0.1, 0.15) is 0 Å². The molecule has 24 heavy (non-hydrogen) atoms. The molecule has 0 heterocycles. The van der Waals surface area contributed by atoms with Crippen molar-refractivity contribution in [2.75, 3.05) is 13.7 Å². The lowest BCUT2D eigenvalue weighted by atomic mass is 10.1. The minimum atomic E-state index is -4.96. The monoisotopic (exact) mass is 337 g/mol. The molecule has 0 radical (unpaired) electrons. The lowest BCUT2D eigenvalue weighted by Gasteiger charge is -2.31. The Kier molecular flexibility index (Phi) is 5.98. The molecule has 2 aromatic carbocycles. The van der Waals surface area contributed by atoms with Gasteiger partial charge in [0, 0.05) is 19.2 Å². The Bertz CT molecular complexity index is 644. The predicted octanol–water partition coefficient (Wildman–Crippen LogP) is 3.97. The van der Waals surface area contributed by atoms with Crippen molar-refractivity contribution in [3.63, 3.8) is 0 Å². The van der Waals surface area contributed by atoms with Crippen molar-refractivity contribution in [1.82, 2.24) is 4.90 Å². The third-order valence-corrected chi connectivity index (χ3v) is 3.58. The van der Waals surface area contributed by atoms with E-state index in [1.165, 1.54) is 7.11 Å². The number of alkyl halides is 3. The third-order valence-electron chi connectivity index (χ3n) is 3.58. The summed E-state index contributed by atoms with van der Waals surface area (Å²) in [5, 5.41) is 0. The Morgan fingerprint density at radius 3 is 2.08 bits per heavy atom. The molecule has 0 aliphatic carbocycles. The van der Waals surface area contributed by atoms with Gasteiger partial charge in [-0.15, -0.1) is 0 Å². The van der Waals surface area contributed by atoms with Crippen LogP contribution >= 0.6 is 0 Å². The Balaban J connectivity index is 2.26. The van der Waals surface area contributed by atoms with Crippen molar-refractivity contribution in [3.05, 3.63) is 71.8 Å². The molecule has 0 saturated carbocycles. The van der Waals surface area contributed by atoms with Gasteiger partial charge in [0.15, 0.2) is 6.23 Å². The average molecular weight is 337 g/mol. The predicted molar refractivity (Wildman–Crippen MR) is 84.1 cm³/mol. The van der Waals surface area contributed by atoms with E-state index < -0.39 is 18.3 Å². The Morgan fingerprint density at radius 2 is 1.58 bits per heavy atom. The van der Waals surface area contributed by atoms with Crippen molar-refractivity contribution in [3.8, 4) is 0 Å². The number of benzene rings is 2. The molecule has 0 saturated heterocycles. The van der Waals surface area contributed by atoms with Crippen molar-refractivity contribution in [2.24, 2.45) is 0 Å². The van der Waals surface area contributed by atoms with E-state index in [4.69, 9.17) is 4.74 Å².